The Labute approximate surface area is 161 Å². The number of nitrogens with zero attached hydrogens (tertiary/aromatic N) is 2. The predicted octanol–water partition coefficient (Wildman–Crippen LogP) is 3.02. The molecule has 0 unspecified atom stereocenters. The van der Waals surface area contributed by atoms with Crippen molar-refractivity contribution in [3.63, 3.8) is 0 Å². The van der Waals surface area contributed by atoms with Gasteiger partial charge in [0.05, 0.1) is 6.54 Å². The number of rotatable bonds is 5. The van der Waals surface area contributed by atoms with Gasteiger partial charge in [0.25, 0.3) is 5.88 Å². The van der Waals surface area contributed by atoms with Gasteiger partial charge in [-0.25, -0.2) is 9.48 Å². The van der Waals surface area contributed by atoms with Crippen LogP contribution in [0.25, 0.3) is 10.8 Å². The fourth-order valence-corrected chi connectivity index (χ4v) is 3.15. The number of fused-ring (bicyclic) bond motifs is 1. The molecule has 0 fully saturated rings. The Morgan fingerprint density at radius 2 is 1.64 bits per heavy atom. The number of aryl methyl sites for hydroxylation is 1. The zero-order chi connectivity index (χ0) is 19.5. The van der Waals surface area contributed by atoms with E-state index in [1.807, 2.05) is 73.7 Å². The zero-order valence-corrected chi connectivity index (χ0v) is 15.4. The molecule has 0 aliphatic heterocycles. The quantitative estimate of drug-likeness (QED) is 0.583. The van der Waals surface area contributed by atoms with Crippen LogP contribution >= 0.6 is 0 Å². The summed E-state index contributed by atoms with van der Waals surface area (Å²) in [5, 5.41) is 6.32. The van der Waals surface area contributed by atoms with E-state index >= 15 is 0 Å². The van der Waals surface area contributed by atoms with Crippen molar-refractivity contribution in [1.82, 2.24) is 14.8 Å². The number of H-pyrrole nitrogens is 1. The monoisotopic (exact) mass is 373 g/mol. The number of nitrogens with one attached hydrogen (secondary N) is 1. The minimum absolute atomic E-state index is 0.125. The smallest absolute Gasteiger partial charge is 0.345 e. The third kappa shape index (κ3) is 3.57. The standard InChI is InChI=1S/C22H19N3O3/c1-15-11-12-17(19-10-6-5-9-18(15)19)13-25-22(27)23-20(26)21(24-25)28-14-16-7-3-2-4-8-16/h2-12H,13-14H2,1H3,(H,23,26,27). The second-order valence-corrected chi connectivity index (χ2v) is 6.58. The minimum atomic E-state index is -0.633. The van der Waals surface area contributed by atoms with Crippen molar-refractivity contribution in [3.8, 4) is 5.88 Å². The third-order valence-corrected chi connectivity index (χ3v) is 4.63. The Kier molecular flexibility index (Phi) is 4.76. The normalized spacial score (nSPS) is 10.9. The SMILES string of the molecule is Cc1ccc(Cn2nc(OCc3ccccc3)c(=O)[nH]c2=O)c2ccccc12. The van der Waals surface area contributed by atoms with Gasteiger partial charge in [-0.2, -0.15) is 0 Å². The summed E-state index contributed by atoms with van der Waals surface area (Å²) in [7, 11) is 0. The van der Waals surface area contributed by atoms with E-state index in [2.05, 4.69) is 10.1 Å². The number of ether oxygens (including phenoxy) is 1. The molecule has 6 nitrogen and oxygen atoms in total. The first-order chi connectivity index (χ1) is 13.6. The van der Waals surface area contributed by atoms with Crippen LogP contribution in [0.3, 0.4) is 0 Å². The van der Waals surface area contributed by atoms with Crippen LogP contribution in [-0.4, -0.2) is 14.8 Å². The van der Waals surface area contributed by atoms with Gasteiger partial charge in [0, 0.05) is 0 Å². The van der Waals surface area contributed by atoms with E-state index in [1.54, 1.807) is 0 Å². The molecule has 140 valence electrons. The maximum Gasteiger partial charge on any atom is 0.345 e. The fraction of sp³-hybridized carbons (Fsp3) is 0.136. The molecular formula is C22H19N3O3. The van der Waals surface area contributed by atoms with Crippen LogP contribution in [0.15, 0.2) is 76.3 Å². The molecule has 0 saturated carbocycles. The predicted molar refractivity (Wildman–Crippen MR) is 108 cm³/mol. The first-order valence-electron chi connectivity index (χ1n) is 8.97. The Bertz CT molecular complexity index is 1240. The van der Waals surface area contributed by atoms with Crippen molar-refractivity contribution < 1.29 is 4.74 Å². The summed E-state index contributed by atoms with van der Waals surface area (Å²) in [4.78, 5) is 26.6. The molecule has 1 N–H and O–H groups in total. The summed E-state index contributed by atoms with van der Waals surface area (Å²) in [5.74, 6) is -0.125. The summed E-state index contributed by atoms with van der Waals surface area (Å²) >= 11 is 0. The van der Waals surface area contributed by atoms with E-state index in [4.69, 9.17) is 4.74 Å². The maximum absolute atomic E-state index is 12.3. The molecule has 1 heterocycles. The summed E-state index contributed by atoms with van der Waals surface area (Å²) in [6.07, 6.45) is 0. The summed E-state index contributed by atoms with van der Waals surface area (Å²) in [6, 6.07) is 21.5. The van der Waals surface area contributed by atoms with Gasteiger partial charge in [0.15, 0.2) is 0 Å². The van der Waals surface area contributed by atoms with Crippen molar-refractivity contribution >= 4 is 10.8 Å². The maximum atomic E-state index is 12.3. The molecule has 4 aromatic rings. The minimum Gasteiger partial charge on any atom is -0.468 e. The highest BCUT2D eigenvalue weighted by atomic mass is 16.5. The van der Waals surface area contributed by atoms with Crippen molar-refractivity contribution in [3.05, 3.63) is 104 Å². The lowest BCUT2D eigenvalue weighted by Gasteiger charge is -2.11. The van der Waals surface area contributed by atoms with E-state index in [9.17, 15) is 9.59 Å². The van der Waals surface area contributed by atoms with E-state index in [0.29, 0.717) is 0 Å². The first-order valence-corrected chi connectivity index (χ1v) is 8.97. The summed E-state index contributed by atoms with van der Waals surface area (Å²) in [5.41, 5.74) is 1.81. The van der Waals surface area contributed by atoms with Crippen molar-refractivity contribution in [2.24, 2.45) is 0 Å². The first kappa shape index (κ1) is 17.7. The summed E-state index contributed by atoms with van der Waals surface area (Å²) in [6.45, 7) is 2.48. The lowest BCUT2D eigenvalue weighted by Crippen LogP contribution is -2.33. The van der Waals surface area contributed by atoms with Crippen LogP contribution in [0.1, 0.15) is 16.7 Å². The highest BCUT2D eigenvalue weighted by molar-refractivity contribution is 5.88. The van der Waals surface area contributed by atoms with Crippen LogP contribution in [0, 0.1) is 6.92 Å². The summed E-state index contributed by atoms with van der Waals surface area (Å²) < 4.78 is 6.77. The van der Waals surface area contributed by atoms with Crippen molar-refractivity contribution in [1.29, 1.82) is 0 Å². The van der Waals surface area contributed by atoms with Crippen LogP contribution in [0.5, 0.6) is 5.88 Å². The molecule has 0 atom stereocenters. The molecule has 0 aliphatic carbocycles. The molecule has 28 heavy (non-hydrogen) atoms. The van der Waals surface area contributed by atoms with Crippen LogP contribution < -0.4 is 16.0 Å². The average molecular weight is 373 g/mol. The van der Waals surface area contributed by atoms with Gasteiger partial charge in [0.1, 0.15) is 6.61 Å². The third-order valence-electron chi connectivity index (χ3n) is 4.63. The zero-order valence-electron chi connectivity index (χ0n) is 15.4. The van der Waals surface area contributed by atoms with Gasteiger partial charge in [-0.3, -0.25) is 9.78 Å². The van der Waals surface area contributed by atoms with Gasteiger partial charge in [0.2, 0.25) is 0 Å². The molecule has 3 aromatic carbocycles. The molecule has 4 rings (SSSR count). The van der Waals surface area contributed by atoms with Crippen molar-refractivity contribution in [2.45, 2.75) is 20.1 Å². The Morgan fingerprint density at radius 3 is 2.43 bits per heavy atom. The topological polar surface area (TPSA) is 77.0 Å². The number of aromatic nitrogens is 3. The molecule has 0 radical (unpaired) electrons. The van der Waals surface area contributed by atoms with Gasteiger partial charge >= 0.3 is 11.2 Å². The molecule has 0 spiro atoms. The molecule has 6 heteroatoms. The molecule has 0 saturated heterocycles. The number of hydrogen-bond acceptors (Lipinski definition) is 4. The number of hydrogen-bond donors (Lipinski definition) is 1. The van der Waals surface area contributed by atoms with Gasteiger partial charge in [-0.15, -0.1) is 5.10 Å². The van der Waals surface area contributed by atoms with E-state index in [1.165, 1.54) is 4.68 Å². The Hall–Kier alpha value is -3.67. The highest BCUT2D eigenvalue weighted by Gasteiger charge is 2.11. The van der Waals surface area contributed by atoms with Crippen LogP contribution in [0.4, 0.5) is 0 Å². The van der Waals surface area contributed by atoms with Crippen LogP contribution in [-0.2, 0) is 13.2 Å². The molecule has 0 bridgehead atoms. The second kappa shape index (κ2) is 7.52. The molecule has 0 aliphatic rings. The number of aromatic amines is 1. The second-order valence-electron chi connectivity index (χ2n) is 6.58. The number of benzene rings is 3. The van der Waals surface area contributed by atoms with Crippen molar-refractivity contribution in [2.75, 3.05) is 0 Å². The van der Waals surface area contributed by atoms with E-state index in [0.717, 1.165) is 27.5 Å². The molecular weight excluding hydrogens is 354 g/mol. The van der Waals surface area contributed by atoms with Crippen LogP contribution in [0.2, 0.25) is 0 Å². The van der Waals surface area contributed by atoms with Gasteiger partial charge < -0.3 is 4.74 Å². The van der Waals surface area contributed by atoms with Gasteiger partial charge in [-0.1, -0.05) is 66.7 Å². The highest BCUT2D eigenvalue weighted by Crippen LogP contribution is 2.22. The lowest BCUT2D eigenvalue weighted by atomic mass is 10.0. The molecule has 0 amide bonds. The van der Waals surface area contributed by atoms with Gasteiger partial charge in [-0.05, 0) is 34.4 Å². The lowest BCUT2D eigenvalue weighted by molar-refractivity contribution is 0.277. The Balaban J connectivity index is 1.66. The fourth-order valence-electron chi connectivity index (χ4n) is 3.15. The van der Waals surface area contributed by atoms with E-state index in [-0.39, 0.29) is 19.0 Å². The Morgan fingerprint density at radius 1 is 0.929 bits per heavy atom. The average Bonchev–Trinajstić information content (AvgIpc) is 2.72. The van der Waals surface area contributed by atoms with E-state index < -0.39 is 11.2 Å². The molecule has 1 aromatic heterocycles. The largest absolute Gasteiger partial charge is 0.468 e.